The molecule has 1 aliphatic rings. The number of hydrogen-bond donors (Lipinski definition) is 1. The lowest BCUT2D eigenvalue weighted by Crippen LogP contribution is -2.34. The van der Waals surface area contributed by atoms with Crippen LogP contribution in [0, 0.1) is 0 Å². The van der Waals surface area contributed by atoms with Gasteiger partial charge in [-0.15, -0.1) is 0 Å². The Morgan fingerprint density at radius 3 is 2.52 bits per heavy atom. The molecule has 0 saturated carbocycles. The van der Waals surface area contributed by atoms with E-state index in [4.69, 9.17) is 0 Å². The van der Waals surface area contributed by atoms with Gasteiger partial charge in [0.25, 0.3) is 5.91 Å². The summed E-state index contributed by atoms with van der Waals surface area (Å²) < 4.78 is 0. The summed E-state index contributed by atoms with van der Waals surface area (Å²) >= 11 is 0. The smallest absolute Gasteiger partial charge is 0.272 e. The van der Waals surface area contributed by atoms with Crippen LogP contribution in [0.3, 0.4) is 0 Å². The predicted molar refractivity (Wildman–Crippen MR) is 108 cm³/mol. The van der Waals surface area contributed by atoms with Crippen LogP contribution in [0.2, 0.25) is 0 Å². The molecular formula is C23H23N3O. The first-order chi connectivity index (χ1) is 13.2. The number of nitrogens with zero attached hydrogens (tertiary/aromatic N) is 2. The van der Waals surface area contributed by atoms with E-state index in [1.807, 2.05) is 29.2 Å². The number of amides is 1. The number of hydrogen-bond acceptors (Lipinski definition) is 2. The fourth-order valence-corrected chi connectivity index (χ4v) is 3.43. The summed E-state index contributed by atoms with van der Waals surface area (Å²) in [6, 6.07) is 20.5. The van der Waals surface area contributed by atoms with E-state index in [2.05, 4.69) is 59.6 Å². The first-order valence-electron chi connectivity index (χ1n) is 9.43. The van der Waals surface area contributed by atoms with Crippen LogP contribution >= 0.6 is 0 Å². The molecule has 0 atom stereocenters. The monoisotopic (exact) mass is 357 g/mol. The molecule has 0 aliphatic carbocycles. The number of benzene rings is 2. The van der Waals surface area contributed by atoms with Gasteiger partial charge >= 0.3 is 0 Å². The second kappa shape index (κ2) is 7.62. The third-order valence-corrected chi connectivity index (χ3v) is 5.11. The van der Waals surface area contributed by atoms with Gasteiger partial charge < -0.3 is 4.90 Å². The van der Waals surface area contributed by atoms with E-state index in [9.17, 15) is 4.79 Å². The Balaban J connectivity index is 1.46. The maximum absolute atomic E-state index is 12.8. The molecule has 4 heteroatoms. The van der Waals surface area contributed by atoms with Gasteiger partial charge in [-0.05, 0) is 35.6 Å². The summed E-state index contributed by atoms with van der Waals surface area (Å²) in [4.78, 5) is 14.7. The van der Waals surface area contributed by atoms with Gasteiger partial charge in [-0.3, -0.25) is 9.89 Å². The number of rotatable bonds is 4. The van der Waals surface area contributed by atoms with Crippen LogP contribution in [0.4, 0.5) is 0 Å². The Morgan fingerprint density at radius 2 is 1.85 bits per heavy atom. The fourth-order valence-electron chi connectivity index (χ4n) is 3.43. The first-order valence-corrected chi connectivity index (χ1v) is 9.43. The lowest BCUT2D eigenvalue weighted by Gasteiger charge is -2.26. The topological polar surface area (TPSA) is 49.0 Å². The largest absolute Gasteiger partial charge is 0.333 e. The maximum atomic E-state index is 12.8. The number of carbonyl (C=O) groups excluding carboxylic acids is 1. The highest BCUT2D eigenvalue weighted by Gasteiger charge is 2.21. The van der Waals surface area contributed by atoms with E-state index < -0.39 is 0 Å². The quantitative estimate of drug-likeness (QED) is 0.744. The molecule has 2 aromatic carbocycles. The molecule has 2 heterocycles. The van der Waals surface area contributed by atoms with Crippen molar-refractivity contribution in [1.82, 2.24) is 15.1 Å². The minimum absolute atomic E-state index is 0.00212. The minimum Gasteiger partial charge on any atom is -0.333 e. The third kappa shape index (κ3) is 3.70. The van der Waals surface area contributed by atoms with Crippen LogP contribution in [0.25, 0.3) is 16.8 Å². The molecule has 0 bridgehead atoms. The SMILES string of the molecule is CCc1ccc(-c2cc(C(=O)N3CC=C(c4ccccc4)CC3)[nH]n2)cc1. The summed E-state index contributed by atoms with van der Waals surface area (Å²) in [6.07, 6.45) is 4.03. The van der Waals surface area contributed by atoms with Gasteiger partial charge in [0.15, 0.2) is 0 Å². The molecule has 0 saturated heterocycles. The Labute approximate surface area is 159 Å². The van der Waals surface area contributed by atoms with Crippen molar-refractivity contribution in [3.63, 3.8) is 0 Å². The van der Waals surface area contributed by atoms with E-state index >= 15 is 0 Å². The summed E-state index contributed by atoms with van der Waals surface area (Å²) in [7, 11) is 0. The van der Waals surface area contributed by atoms with Crippen molar-refractivity contribution in [2.24, 2.45) is 0 Å². The number of carbonyl (C=O) groups is 1. The van der Waals surface area contributed by atoms with Crippen molar-refractivity contribution in [2.75, 3.05) is 13.1 Å². The second-order valence-electron chi connectivity index (χ2n) is 6.81. The van der Waals surface area contributed by atoms with Crippen LogP contribution in [0.1, 0.15) is 35.0 Å². The summed E-state index contributed by atoms with van der Waals surface area (Å²) in [5, 5.41) is 7.24. The van der Waals surface area contributed by atoms with Gasteiger partial charge in [0, 0.05) is 18.7 Å². The van der Waals surface area contributed by atoms with Gasteiger partial charge in [0.05, 0.1) is 5.69 Å². The van der Waals surface area contributed by atoms with Gasteiger partial charge in [-0.1, -0.05) is 67.6 Å². The molecule has 136 valence electrons. The van der Waals surface area contributed by atoms with Crippen molar-refractivity contribution >= 4 is 11.5 Å². The predicted octanol–water partition coefficient (Wildman–Crippen LogP) is 4.57. The Bertz CT molecular complexity index is 955. The zero-order valence-corrected chi connectivity index (χ0v) is 15.5. The Morgan fingerprint density at radius 1 is 1.07 bits per heavy atom. The molecular weight excluding hydrogens is 334 g/mol. The third-order valence-electron chi connectivity index (χ3n) is 5.11. The molecule has 3 aromatic rings. The summed E-state index contributed by atoms with van der Waals surface area (Å²) in [6.45, 7) is 3.48. The highest BCUT2D eigenvalue weighted by Crippen LogP contribution is 2.24. The molecule has 4 nitrogen and oxygen atoms in total. The standard InChI is InChI=1S/C23H23N3O/c1-2-17-8-10-20(11-9-17)21-16-22(25-24-21)23(27)26-14-12-19(13-15-26)18-6-4-3-5-7-18/h3-12,16H,2,13-15H2,1H3,(H,24,25). The minimum atomic E-state index is 0.00212. The zero-order chi connectivity index (χ0) is 18.6. The lowest BCUT2D eigenvalue weighted by atomic mass is 9.99. The van der Waals surface area contributed by atoms with E-state index in [-0.39, 0.29) is 5.91 Å². The van der Waals surface area contributed by atoms with Crippen LogP contribution in [0.5, 0.6) is 0 Å². The molecule has 0 unspecified atom stereocenters. The molecule has 27 heavy (non-hydrogen) atoms. The van der Waals surface area contributed by atoms with Crippen molar-refractivity contribution in [3.05, 3.63) is 83.6 Å². The van der Waals surface area contributed by atoms with E-state index in [1.165, 1.54) is 16.7 Å². The van der Waals surface area contributed by atoms with Crippen LogP contribution < -0.4 is 0 Å². The first kappa shape index (κ1) is 17.3. The molecule has 4 rings (SSSR count). The van der Waals surface area contributed by atoms with Crippen molar-refractivity contribution in [3.8, 4) is 11.3 Å². The second-order valence-corrected chi connectivity index (χ2v) is 6.81. The van der Waals surface area contributed by atoms with E-state index in [0.717, 1.165) is 30.6 Å². The van der Waals surface area contributed by atoms with Crippen molar-refractivity contribution in [2.45, 2.75) is 19.8 Å². The van der Waals surface area contributed by atoms with Crippen LogP contribution in [-0.4, -0.2) is 34.1 Å². The Hall–Kier alpha value is -3.14. The highest BCUT2D eigenvalue weighted by atomic mass is 16.2. The molecule has 0 fully saturated rings. The maximum Gasteiger partial charge on any atom is 0.272 e. The number of aromatic amines is 1. The van der Waals surface area contributed by atoms with Gasteiger partial charge in [0.2, 0.25) is 0 Å². The molecule has 0 spiro atoms. The zero-order valence-electron chi connectivity index (χ0n) is 15.5. The van der Waals surface area contributed by atoms with Gasteiger partial charge in [0.1, 0.15) is 5.69 Å². The lowest BCUT2D eigenvalue weighted by molar-refractivity contribution is 0.0767. The van der Waals surface area contributed by atoms with E-state index in [0.29, 0.717) is 12.2 Å². The van der Waals surface area contributed by atoms with Gasteiger partial charge in [-0.2, -0.15) is 5.10 Å². The summed E-state index contributed by atoms with van der Waals surface area (Å²) in [5.74, 6) is 0.00212. The molecule has 1 amide bonds. The average molecular weight is 357 g/mol. The number of nitrogens with one attached hydrogen (secondary N) is 1. The van der Waals surface area contributed by atoms with Crippen molar-refractivity contribution < 1.29 is 4.79 Å². The molecule has 1 aliphatic heterocycles. The van der Waals surface area contributed by atoms with E-state index in [1.54, 1.807) is 0 Å². The fraction of sp³-hybridized carbons (Fsp3) is 0.217. The van der Waals surface area contributed by atoms with Crippen LogP contribution in [0.15, 0.2) is 66.7 Å². The molecule has 1 aromatic heterocycles. The van der Waals surface area contributed by atoms with Crippen LogP contribution in [-0.2, 0) is 6.42 Å². The average Bonchev–Trinajstić information content (AvgIpc) is 3.24. The number of aryl methyl sites for hydroxylation is 1. The van der Waals surface area contributed by atoms with Gasteiger partial charge in [-0.25, -0.2) is 0 Å². The number of H-pyrrole nitrogens is 1. The highest BCUT2D eigenvalue weighted by molar-refractivity contribution is 5.94. The normalized spacial score (nSPS) is 14.1. The Kier molecular flexibility index (Phi) is 4.88. The van der Waals surface area contributed by atoms with Crippen molar-refractivity contribution in [1.29, 1.82) is 0 Å². The molecule has 1 N–H and O–H groups in total. The number of aromatic nitrogens is 2. The molecule has 0 radical (unpaired) electrons. The summed E-state index contributed by atoms with van der Waals surface area (Å²) in [5.41, 5.74) is 6.21.